The highest BCUT2D eigenvalue weighted by atomic mass is 16.3. The molecule has 1 saturated carbocycles. The van der Waals surface area contributed by atoms with Crippen molar-refractivity contribution >= 4 is 5.69 Å². The number of allylic oxidation sites excluding steroid dienone is 2. The predicted molar refractivity (Wildman–Crippen MR) is 152 cm³/mol. The molecular formula is C33H35N3O. The number of nitrogens with one attached hydrogen (secondary N) is 1. The van der Waals surface area contributed by atoms with Crippen molar-refractivity contribution in [3.63, 3.8) is 0 Å². The quantitative estimate of drug-likeness (QED) is 0.270. The van der Waals surface area contributed by atoms with E-state index in [0.717, 1.165) is 34.6 Å². The van der Waals surface area contributed by atoms with E-state index >= 15 is 0 Å². The van der Waals surface area contributed by atoms with Gasteiger partial charge >= 0.3 is 0 Å². The van der Waals surface area contributed by atoms with Crippen LogP contribution in [0.2, 0.25) is 0 Å². The largest absolute Gasteiger partial charge is 0.393 e. The minimum atomic E-state index is -0.318. The fourth-order valence-electron chi connectivity index (χ4n) is 4.96. The molecule has 0 amide bonds. The van der Waals surface area contributed by atoms with Crippen LogP contribution in [0.25, 0.3) is 22.5 Å². The fraction of sp³-hybridized carbons (Fsp3) is 0.273. The van der Waals surface area contributed by atoms with E-state index in [1.54, 1.807) is 12.4 Å². The standard InChI is InChI=1S/C33H35N3O/c1-22-7-16-30(23(2)19-22)33-32(34-17-18-35-33)28-12-14-29(15-13-28)36-31(27-5-4-6-27)21-26-10-8-25(9-11-26)20-24(3)37/h7-19,24,36-37H,4-6,20-21H2,1-3H3. The van der Waals surface area contributed by atoms with E-state index in [4.69, 9.17) is 9.97 Å². The number of aliphatic hydroxyl groups is 1. The molecule has 1 unspecified atom stereocenters. The lowest BCUT2D eigenvalue weighted by molar-refractivity contribution is 0.195. The van der Waals surface area contributed by atoms with Crippen LogP contribution in [0.1, 0.15) is 48.4 Å². The lowest BCUT2D eigenvalue weighted by Gasteiger charge is -2.24. The lowest BCUT2D eigenvalue weighted by Crippen LogP contribution is -2.12. The summed E-state index contributed by atoms with van der Waals surface area (Å²) in [5.74, 6) is 0. The van der Waals surface area contributed by atoms with Crippen molar-refractivity contribution in [1.29, 1.82) is 0 Å². The number of aromatic nitrogens is 2. The maximum absolute atomic E-state index is 9.66. The topological polar surface area (TPSA) is 58.0 Å². The Kier molecular flexibility index (Phi) is 7.47. The van der Waals surface area contributed by atoms with E-state index in [1.807, 2.05) is 6.92 Å². The van der Waals surface area contributed by atoms with E-state index in [2.05, 4.69) is 85.9 Å². The Morgan fingerprint density at radius 2 is 1.54 bits per heavy atom. The molecule has 1 aliphatic carbocycles. The van der Waals surface area contributed by atoms with Gasteiger partial charge in [-0.25, -0.2) is 0 Å². The third kappa shape index (κ3) is 5.98. The lowest BCUT2D eigenvalue weighted by atomic mass is 9.88. The number of hydrogen-bond donors (Lipinski definition) is 2. The third-order valence-corrected chi connectivity index (χ3v) is 7.11. The first kappa shape index (κ1) is 24.9. The van der Waals surface area contributed by atoms with E-state index < -0.39 is 0 Å². The molecule has 1 aromatic heterocycles. The molecule has 5 rings (SSSR count). The number of anilines is 1. The third-order valence-electron chi connectivity index (χ3n) is 7.11. The second-order valence-electron chi connectivity index (χ2n) is 10.3. The van der Waals surface area contributed by atoms with Crippen LogP contribution in [0.4, 0.5) is 5.69 Å². The van der Waals surface area contributed by atoms with Crippen molar-refractivity contribution in [2.75, 3.05) is 5.32 Å². The van der Waals surface area contributed by atoms with Gasteiger partial charge < -0.3 is 10.4 Å². The Hall–Kier alpha value is -3.76. The van der Waals surface area contributed by atoms with E-state index in [9.17, 15) is 5.11 Å². The first-order chi connectivity index (χ1) is 18.0. The van der Waals surface area contributed by atoms with Crippen molar-refractivity contribution in [2.24, 2.45) is 0 Å². The highest BCUT2D eigenvalue weighted by Crippen LogP contribution is 2.33. The second-order valence-corrected chi connectivity index (χ2v) is 10.3. The molecule has 1 heterocycles. The molecule has 188 valence electrons. The summed E-state index contributed by atoms with van der Waals surface area (Å²) in [5.41, 5.74) is 12.8. The number of nitrogens with zero attached hydrogens (tertiary/aromatic N) is 2. The SMILES string of the molecule is Cc1ccc(-c2nccnc2-c2ccc(NC(Cc3ccc(CC(C)O)cc3)=C3CCC3)cc2)c(C)c1. The Morgan fingerprint density at radius 1 is 0.865 bits per heavy atom. The van der Waals surface area contributed by atoms with Gasteiger partial charge in [0.2, 0.25) is 0 Å². The summed E-state index contributed by atoms with van der Waals surface area (Å²) in [5, 5.41) is 13.4. The first-order valence-electron chi connectivity index (χ1n) is 13.2. The number of aliphatic hydroxyl groups excluding tert-OH is 1. The summed E-state index contributed by atoms with van der Waals surface area (Å²) < 4.78 is 0. The van der Waals surface area contributed by atoms with Crippen LogP contribution >= 0.6 is 0 Å². The molecule has 0 spiro atoms. The predicted octanol–water partition coefficient (Wildman–Crippen LogP) is 7.44. The number of benzene rings is 3. The normalized spacial score (nSPS) is 13.7. The molecule has 1 fully saturated rings. The molecule has 0 bridgehead atoms. The molecule has 0 saturated heterocycles. The van der Waals surface area contributed by atoms with Crippen LogP contribution < -0.4 is 5.32 Å². The highest BCUT2D eigenvalue weighted by molar-refractivity contribution is 5.80. The van der Waals surface area contributed by atoms with Crippen molar-refractivity contribution in [1.82, 2.24) is 9.97 Å². The van der Waals surface area contributed by atoms with E-state index in [0.29, 0.717) is 6.42 Å². The molecule has 37 heavy (non-hydrogen) atoms. The van der Waals surface area contributed by atoms with Crippen LogP contribution in [0.15, 0.2) is 90.4 Å². The van der Waals surface area contributed by atoms with Gasteiger partial charge in [0.05, 0.1) is 17.5 Å². The molecule has 0 radical (unpaired) electrons. The van der Waals surface area contributed by atoms with Crippen LogP contribution in [0, 0.1) is 13.8 Å². The molecule has 1 atom stereocenters. The van der Waals surface area contributed by atoms with Gasteiger partial charge in [0.1, 0.15) is 0 Å². The zero-order valence-corrected chi connectivity index (χ0v) is 22.0. The Balaban J connectivity index is 1.36. The minimum absolute atomic E-state index is 0.318. The highest BCUT2D eigenvalue weighted by Gasteiger charge is 2.16. The summed E-state index contributed by atoms with van der Waals surface area (Å²) in [6.07, 6.45) is 8.38. The van der Waals surface area contributed by atoms with Crippen molar-refractivity contribution in [3.05, 3.63) is 113 Å². The summed E-state index contributed by atoms with van der Waals surface area (Å²) in [6, 6.07) is 23.6. The van der Waals surface area contributed by atoms with Gasteiger partial charge in [-0.2, -0.15) is 0 Å². The summed E-state index contributed by atoms with van der Waals surface area (Å²) in [7, 11) is 0. The maximum atomic E-state index is 9.66. The molecule has 1 aliphatic rings. The molecular weight excluding hydrogens is 454 g/mol. The number of rotatable bonds is 8. The maximum Gasteiger partial charge on any atom is 0.0967 e. The Morgan fingerprint density at radius 3 is 2.16 bits per heavy atom. The van der Waals surface area contributed by atoms with Gasteiger partial charge in [-0.05, 0) is 75.3 Å². The zero-order chi connectivity index (χ0) is 25.8. The molecule has 2 N–H and O–H groups in total. The van der Waals surface area contributed by atoms with Crippen LogP contribution in [0.5, 0.6) is 0 Å². The van der Waals surface area contributed by atoms with Gasteiger partial charge in [-0.3, -0.25) is 9.97 Å². The van der Waals surface area contributed by atoms with Crippen LogP contribution in [-0.2, 0) is 12.8 Å². The number of aryl methyl sites for hydroxylation is 2. The van der Waals surface area contributed by atoms with Crippen molar-refractivity contribution in [2.45, 2.75) is 59.0 Å². The zero-order valence-electron chi connectivity index (χ0n) is 22.0. The average Bonchev–Trinajstić information content (AvgIpc) is 2.84. The van der Waals surface area contributed by atoms with Gasteiger partial charge in [0.25, 0.3) is 0 Å². The molecule has 4 nitrogen and oxygen atoms in total. The van der Waals surface area contributed by atoms with Crippen molar-refractivity contribution in [3.8, 4) is 22.5 Å². The molecule has 4 heteroatoms. The van der Waals surface area contributed by atoms with Crippen LogP contribution in [0.3, 0.4) is 0 Å². The average molecular weight is 490 g/mol. The molecule has 4 aromatic rings. The summed E-state index contributed by atoms with van der Waals surface area (Å²) in [4.78, 5) is 9.40. The van der Waals surface area contributed by atoms with Gasteiger partial charge in [0.15, 0.2) is 0 Å². The smallest absolute Gasteiger partial charge is 0.0967 e. The fourth-order valence-corrected chi connectivity index (χ4v) is 4.96. The monoisotopic (exact) mass is 489 g/mol. The summed E-state index contributed by atoms with van der Waals surface area (Å²) in [6.45, 7) is 6.07. The first-order valence-corrected chi connectivity index (χ1v) is 13.2. The Labute approximate surface area is 220 Å². The van der Waals surface area contributed by atoms with E-state index in [1.165, 1.54) is 52.8 Å². The van der Waals surface area contributed by atoms with Crippen LogP contribution in [-0.4, -0.2) is 21.2 Å². The van der Waals surface area contributed by atoms with E-state index in [-0.39, 0.29) is 6.10 Å². The number of hydrogen-bond acceptors (Lipinski definition) is 4. The minimum Gasteiger partial charge on any atom is -0.393 e. The van der Waals surface area contributed by atoms with Gasteiger partial charge in [-0.1, -0.05) is 65.7 Å². The molecule has 3 aromatic carbocycles. The van der Waals surface area contributed by atoms with Gasteiger partial charge in [-0.15, -0.1) is 0 Å². The van der Waals surface area contributed by atoms with Gasteiger partial charge in [0, 0.05) is 41.3 Å². The Bertz CT molecular complexity index is 1400. The molecule has 0 aliphatic heterocycles. The summed E-state index contributed by atoms with van der Waals surface area (Å²) >= 11 is 0. The van der Waals surface area contributed by atoms with Crippen molar-refractivity contribution < 1.29 is 5.11 Å². The second kappa shape index (κ2) is 11.1.